The lowest BCUT2D eigenvalue weighted by atomic mass is 10.0. The highest BCUT2D eigenvalue weighted by Gasteiger charge is 2.23. The lowest BCUT2D eigenvalue weighted by Crippen LogP contribution is -2.49. The van der Waals surface area contributed by atoms with Gasteiger partial charge in [-0.3, -0.25) is 4.79 Å². The Morgan fingerprint density at radius 3 is 2.62 bits per heavy atom. The van der Waals surface area contributed by atoms with E-state index >= 15 is 0 Å². The van der Waals surface area contributed by atoms with Crippen molar-refractivity contribution in [1.29, 1.82) is 0 Å². The van der Waals surface area contributed by atoms with Crippen LogP contribution in [-0.4, -0.2) is 48.6 Å². The van der Waals surface area contributed by atoms with Gasteiger partial charge in [0, 0.05) is 26.2 Å². The first kappa shape index (κ1) is 19.7. The van der Waals surface area contributed by atoms with Gasteiger partial charge in [-0.2, -0.15) is 0 Å². The Hall–Kier alpha value is -2.60. The van der Waals surface area contributed by atoms with Gasteiger partial charge in [-0.05, 0) is 50.1 Å². The van der Waals surface area contributed by atoms with E-state index < -0.39 is 0 Å². The number of aryl methyl sites for hydroxylation is 2. The van der Waals surface area contributed by atoms with E-state index in [2.05, 4.69) is 43.0 Å². The minimum atomic E-state index is 0.210. The Kier molecular flexibility index (Phi) is 5.72. The number of piperazine rings is 1. The van der Waals surface area contributed by atoms with Crippen molar-refractivity contribution in [2.45, 2.75) is 27.2 Å². The SMILES string of the molecule is CCOc1ccc2nc(N3CCN(C(=O)Cc4ccc(C)cc4C)CC3)sc2c1. The van der Waals surface area contributed by atoms with Crippen LogP contribution in [-0.2, 0) is 11.2 Å². The molecule has 1 saturated heterocycles. The van der Waals surface area contributed by atoms with Crippen molar-refractivity contribution in [3.63, 3.8) is 0 Å². The quantitative estimate of drug-likeness (QED) is 0.633. The molecule has 3 aromatic rings. The van der Waals surface area contributed by atoms with Gasteiger partial charge in [0.1, 0.15) is 5.75 Å². The van der Waals surface area contributed by atoms with Crippen LogP contribution >= 0.6 is 11.3 Å². The fraction of sp³-hybridized carbons (Fsp3) is 0.391. The molecule has 1 aliphatic heterocycles. The number of fused-ring (bicyclic) bond motifs is 1. The average molecular weight is 410 g/mol. The molecule has 4 rings (SSSR count). The molecule has 0 spiro atoms. The lowest BCUT2D eigenvalue weighted by Gasteiger charge is -2.34. The Balaban J connectivity index is 1.38. The van der Waals surface area contributed by atoms with E-state index in [9.17, 15) is 4.79 Å². The molecule has 0 radical (unpaired) electrons. The van der Waals surface area contributed by atoms with Crippen LogP contribution in [0.25, 0.3) is 10.2 Å². The van der Waals surface area contributed by atoms with Gasteiger partial charge >= 0.3 is 0 Å². The predicted molar refractivity (Wildman–Crippen MR) is 119 cm³/mol. The maximum atomic E-state index is 12.8. The minimum Gasteiger partial charge on any atom is -0.494 e. The van der Waals surface area contributed by atoms with Crippen molar-refractivity contribution in [1.82, 2.24) is 9.88 Å². The Labute approximate surface area is 175 Å². The molecule has 29 heavy (non-hydrogen) atoms. The largest absolute Gasteiger partial charge is 0.494 e. The van der Waals surface area contributed by atoms with Gasteiger partial charge in [-0.15, -0.1) is 0 Å². The summed E-state index contributed by atoms with van der Waals surface area (Å²) in [6.45, 7) is 9.93. The van der Waals surface area contributed by atoms with Crippen LogP contribution < -0.4 is 9.64 Å². The number of benzene rings is 2. The number of ether oxygens (including phenoxy) is 1. The number of amides is 1. The smallest absolute Gasteiger partial charge is 0.227 e. The highest BCUT2D eigenvalue weighted by Crippen LogP contribution is 2.32. The fourth-order valence-electron chi connectivity index (χ4n) is 3.75. The van der Waals surface area contributed by atoms with Crippen molar-refractivity contribution in [3.05, 3.63) is 53.1 Å². The van der Waals surface area contributed by atoms with Gasteiger partial charge in [0.15, 0.2) is 5.13 Å². The number of hydrogen-bond donors (Lipinski definition) is 0. The zero-order valence-corrected chi connectivity index (χ0v) is 18.1. The first-order valence-corrected chi connectivity index (χ1v) is 11.0. The summed E-state index contributed by atoms with van der Waals surface area (Å²) in [6.07, 6.45) is 0.480. The second kappa shape index (κ2) is 8.41. The maximum Gasteiger partial charge on any atom is 0.227 e. The Morgan fingerprint density at radius 1 is 1.10 bits per heavy atom. The maximum absolute atomic E-state index is 12.8. The number of thiazole rings is 1. The van der Waals surface area contributed by atoms with Crippen molar-refractivity contribution >= 4 is 32.6 Å². The van der Waals surface area contributed by atoms with Crippen LogP contribution in [0.4, 0.5) is 5.13 Å². The van der Waals surface area contributed by atoms with Crippen LogP contribution in [0, 0.1) is 13.8 Å². The number of rotatable bonds is 5. The summed E-state index contributed by atoms with van der Waals surface area (Å²) in [5, 5.41) is 1.02. The highest BCUT2D eigenvalue weighted by molar-refractivity contribution is 7.22. The van der Waals surface area contributed by atoms with Crippen molar-refractivity contribution < 1.29 is 9.53 Å². The molecule has 1 aliphatic rings. The van der Waals surface area contributed by atoms with E-state index in [4.69, 9.17) is 9.72 Å². The van der Waals surface area contributed by atoms with Crippen LogP contribution in [0.2, 0.25) is 0 Å². The van der Waals surface area contributed by atoms with E-state index in [1.165, 1.54) is 11.1 Å². The van der Waals surface area contributed by atoms with E-state index in [1.54, 1.807) is 11.3 Å². The van der Waals surface area contributed by atoms with Gasteiger partial charge < -0.3 is 14.5 Å². The molecule has 2 aromatic carbocycles. The first-order valence-electron chi connectivity index (χ1n) is 10.2. The molecule has 152 valence electrons. The number of nitrogens with zero attached hydrogens (tertiary/aromatic N) is 3. The molecule has 0 atom stereocenters. The molecular weight excluding hydrogens is 382 g/mol. The van der Waals surface area contributed by atoms with E-state index in [1.807, 2.05) is 24.0 Å². The molecule has 5 nitrogen and oxygen atoms in total. The summed E-state index contributed by atoms with van der Waals surface area (Å²) < 4.78 is 6.73. The van der Waals surface area contributed by atoms with Crippen LogP contribution in [0.15, 0.2) is 36.4 Å². The number of anilines is 1. The molecule has 6 heteroatoms. The van der Waals surface area contributed by atoms with Crippen LogP contribution in [0.5, 0.6) is 5.75 Å². The normalized spacial score (nSPS) is 14.4. The Morgan fingerprint density at radius 2 is 1.90 bits per heavy atom. The van der Waals surface area contributed by atoms with E-state index in [0.717, 1.165) is 52.8 Å². The van der Waals surface area contributed by atoms with E-state index in [-0.39, 0.29) is 5.91 Å². The summed E-state index contributed by atoms with van der Waals surface area (Å²) in [6, 6.07) is 12.4. The summed E-state index contributed by atoms with van der Waals surface area (Å²) in [4.78, 5) is 21.8. The summed E-state index contributed by atoms with van der Waals surface area (Å²) in [5.41, 5.74) is 4.55. The molecule has 2 heterocycles. The predicted octanol–water partition coefficient (Wildman–Crippen LogP) is 4.20. The number of aromatic nitrogens is 1. The third-order valence-corrected chi connectivity index (χ3v) is 6.48. The monoisotopic (exact) mass is 409 g/mol. The third kappa shape index (κ3) is 4.37. The average Bonchev–Trinajstić information content (AvgIpc) is 3.14. The molecular formula is C23H27N3O2S. The first-order chi connectivity index (χ1) is 14.0. The summed E-state index contributed by atoms with van der Waals surface area (Å²) in [7, 11) is 0. The molecule has 1 aromatic heterocycles. The third-order valence-electron chi connectivity index (χ3n) is 5.40. The Bertz CT molecular complexity index is 1020. The zero-order valence-electron chi connectivity index (χ0n) is 17.3. The van der Waals surface area contributed by atoms with Gasteiger partial charge in [0.25, 0.3) is 0 Å². The molecule has 0 bridgehead atoms. The number of hydrogen-bond acceptors (Lipinski definition) is 5. The number of carbonyl (C=O) groups is 1. The van der Waals surface area contributed by atoms with Crippen LogP contribution in [0.3, 0.4) is 0 Å². The highest BCUT2D eigenvalue weighted by atomic mass is 32.1. The molecule has 0 N–H and O–H groups in total. The minimum absolute atomic E-state index is 0.210. The summed E-state index contributed by atoms with van der Waals surface area (Å²) in [5.74, 6) is 1.10. The van der Waals surface area contributed by atoms with Crippen molar-refractivity contribution in [2.75, 3.05) is 37.7 Å². The van der Waals surface area contributed by atoms with Gasteiger partial charge in [-0.1, -0.05) is 35.1 Å². The lowest BCUT2D eigenvalue weighted by molar-refractivity contribution is -0.130. The molecule has 0 aliphatic carbocycles. The number of carbonyl (C=O) groups excluding carboxylic acids is 1. The molecule has 1 fully saturated rings. The van der Waals surface area contributed by atoms with E-state index in [0.29, 0.717) is 13.0 Å². The molecule has 1 amide bonds. The second-order valence-electron chi connectivity index (χ2n) is 7.53. The van der Waals surface area contributed by atoms with Gasteiger partial charge in [0.05, 0.1) is 23.2 Å². The summed E-state index contributed by atoms with van der Waals surface area (Å²) >= 11 is 1.69. The standard InChI is InChI=1S/C23H27N3O2S/c1-4-28-19-7-8-20-21(15-19)29-23(24-20)26-11-9-25(10-12-26)22(27)14-18-6-5-16(2)13-17(18)3/h5-8,13,15H,4,9-12,14H2,1-3H3. The van der Waals surface area contributed by atoms with Crippen LogP contribution in [0.1, 0.15) is 23.6 Å². The zero-order chi connectivity index (χ0) is 20.4. The van der Waals surface area contributed by atoms with Gasteiger partial charge in [-0.25, -0.2) is 4.98 Å². The second-order valence-corrected chi connectivity index (χ2v) is 8.54. The van der Waals surface area contributed by atoms with Crippen molar-refractivity contribution in [3.8, 4) is 5.75 Å². The fourth-order valence-corrected chi connectivity index (χ4v) is 4.80. The van der Waals surface area contributed by atoms with Crippen molar-refractivity contribution in [2.24, 2.45) is 0 Å². The molecule has 0 saturated carbocycles. The van der Waals surface area contributed by atoms with Gasteiger partial charge in [0.2, 0.25) is 5.91 Å². The topological polar surface area (TPSA) is 45.7 Å². The molecule has 0 unspecified atom stereocenters.